The molecule has 6 rings (SSSR count). The predicted octanol–water partition coefficient (Wildman–Crippen LogP) is 8.36. The second-order valence-corrected chi connectivity index (χ2v) is 25.4. The average molecular weight is 501 g/mol. The summed E-state index contributed by atoms with van der Waals surface area (Å²) in [5.41, 5.74) is 5.47. The van der Waals surface area contributed by atoms with Crippen LogP contribution >= 0.6 is 0 Å². The first kappa shape index (κ1) is 24.2. The van der Waals surface area contributed by atoms with Crippen molar-refractivity contribution in [3.8, 4) is 0 Å². The quantitative estimate of drug-likeness (QED) is 0.363. The monoisotopic (exact) mass is 500 g/mol. The van der Waals surface area contributed by atoms with Gasteiger partial charge in [-0.05, 0) is 76.2 Å². The lowest BCUT2D eigenvalue weighted by Gasteiger charge is -2.57. The topological polar surface area (TPSA) is 0 Å². The van der Waals surface area contributed by atoms with E-state index in [4.69, 9.17) is 0 Å². The van der Waals surface area contributed by atoms with Crippen molar-refractivity contribution >= 4 is 26.5 Å². The first-order valence-corrected chi connectivity index (χ1v) is 19.3. The molecular formula is C33H48Si2. The SMILES string of the molecule is CC(C)(C)[Si@]1([C@H]2C[C@H]3C[C@@H]2C[C@@H]3[Si@@]2(C(C)(C)C)CCCc3ccccc32)CCCc2ccccc21. The fourth-order valence-corrected chi connectivity index (χ4v) is 25.5. The third-order valence-corrected chi connectivity index (χ3v) is 26.3. The minimum Gasteiger partial charge on any atom is -0.0627 e. The molecule has 2 saturated carbocycles. The Hall–Kier alpha value is -1.13. The number of fused-ring (bicyclic) bond motifs is 4. The molecule has 0 aromatic heterocycles. The maximum Gasteiger partial charge on any atom is 0.0957 e. The van der Waals surface area contributed by atoms with Gasteiger partial charge in [-0.25, -0.2) is 0 Å². The van der Waals surface area contributed by atoms with Crippen LogP contribution in [0.4, 0.5) is 0 Å². The molecule has 2 fully saturated rings. The van der Waals surface area contributed by atoms with Crippen molar-refractivity contribution in [1.29, 1.82) is 0 Å². The van der Waals surface area contributed by atoms with E-state index < -0.39 is 16.1 Å². The Morgan fingerprint density at radius 1 is 0.571 bits per heavy atom. The van der Waals surface area contributed by atoms with E-state index in [1.54, 1.807) is 30.4 Å². The molecule has 0 amide bonds. The van der Waals surface area contributed by atoms with Crippen LogP contribution in [0.25, 0.3) is 0 Å². The first-order valence-electron chi connectivity index (χ1n) is 14.8. The Morgan fingerprint density at radius 3 is 1.34 bits per heavy atom. The minimum atomic E-state index is -1.63. The largest absolute Gasteiger partial charge is 0.0957 e. The molecule has 2 aromatic rings. The molecule has 2 aliphatic heterocycles. The van der Waals surface area contributed by atoms with Gasteiger partial charge >= 0.3 is 0 Å². The van der Waals surface area contributed by atoms with Gasteiger partial charge in [0, 0.05) is 0 Å². The van der Waals surface area contributed by atoms with Gasteiger partial charge in [-0.3, -0.25) is 0 Å². The molecule has 6 atom stereocenters. The molecule has 0 spiro atoms. The van der Waals surface area contributed by atoms with Crippen molar-refractivity contribution in [3.05, 3.63) is 59.7 Å². The van der Waals surface area contributed by atoms with Crippen LogP contribution in [0.1, 0.15) is 84.8 Å². The van der Waals surface area contributed by atoms with Gasteiger partial charge in [0.1, 0.15) is 0 Å². The maximum atomic E-state index is 2.63. The lowest BCUT2D eigenvalue weighted by atomic mass is 9.99. The summed E-state index contributed by atoms with van der Waals surface area (Å²) in [5.74, 6) is 1.98. The fraction of sp³-hybridized carbons (Fsp3) is 0.636. The highest BCUT2D eigenvalue weighted by atomic mass is 28.3. The first-order chi connectivity index (χ1) is 16.6. The summed E-state index contributed by atoms with van der Waals surface area (Å²) in [4.78, 5) is 0. The van der Waals surface area contributed by atoms with Crippen LogP contribution in [0, 0.1) is 11.8 Å². The van der Waals surface area contributed by atoms with Crippen molar-refractivity contribution in [1.82, 2.24) is 0 Å². The smallest absolute Gasteiger partial charge is 0.0627 e. The fourth-order valence-electron chi connectivity index (χ4n) is 10.7. The lowest BCUT2D eigenvalue weighted by Crippen LogP contribution is -2.64. The molecule has 2 aromatic carbocycles. The number of aryl methyl sites for hydroxylation is 2. The van der Waals surface area contributed by atoms with Gasteiger partial charge in [0.25, 0.3) is 0 Å². The second kappa shape index (κ2) is 8.19. The maximum absolute atomic E-state index is 2.63. The Balaban J connectivity index is 1.41. The van der Waals surface area contributed by atoms with Gasteiger partial charge in [-0.2, -0.15) is 0 Å². The predicted molar refractivity (Wildman–Crippen MR) is 158 cm³/mol. The van der Waals surface area contributed by atoms with E-state index in [0.717, 1.165) is 22.9 Å². The van der Waals surface area contributed by atoms with Crippen molar-refractivity contribution in [2.75, 3.05) is 0 Å². The molecule has 2 aliphatic carbocycles. The highest BCUT2D eigenvalue weighted by Gasteiger charge is 2.65. The minimum absolute atomic E-state index is 0.449. The van der Waals surface area contributed by atoms with Crippen LogP contribution < -0.4 is 10.4 Å². The van der Waals surface area contributed by atoms with Crippen LogP contribution in [0.2, 0.25) is 33.2 Å². The molecule has 4 aliphatic rings. The molecule has 0 radical (unpaired) electrons. The van der Waals surface area contributed by atoms with Crippen LogP contribution in [0.3, 0.4) is 0 Å². The zero-order chi connectivity index (χ0) is 24.6. The Labute approximate surface area is 217 Å². The van der Waals surface area contributed by atoms with Gasteiger partial charge in [0.05, 0.1) is 16.1 Å². The van der Waals surface area contributed by atoms with Gasteiger partial charge in [0.2, 0.25) is 0 Å². The van der Waals surface area contributed by atoms with Gasteiger partial charge in [-0.15, -0.1) is 0 Å². The molecule has 0 N–H and O–H groups in total. The zero-order valence-corrected chi connectivity index (χ0v) is 25.3. The molecule has 0 unspecified atom stereocenters. The molecule has 2 heterocycles. The second-order valence-electron chi connectivity index (χ2n) is 14.9. The normalized spacial score (nSPS) is 36.6. The van der Waals surface area contributed by atoms with Gasteiger partial charge in [0.15, 0.2) is 0 Å². The Bertz CT molecular complexity index is 1020. The van der Waals surface area contributed by atoms with E-state index >= 15 is 0 Å². The number of benzene rings is 2. The number of hydrogen-bond donors (Lipinski definition) is 0. The van der Waals surface area contributed by atoms with Crippen LogP contribution in [0.5, 0.6) is 0 Å². The Morgan fingerprint density at radius 2 is 0.971 bits per heavy atom. The highest BCUT2D eigenvalue weighted by molar-refractivity contribution is 6.97. The summed E-state index contributed by atoms with van der Waals surface area (Å²) in [6, 6.07) is 22.6. The van der Waals surface area contributed by atoms with Crippen molar-refractivity contribution in [2.45, 2.75) is 120 Å². The summed E-state index contributed by atoms with van der Waals surface area (Å²) in [6.45, 7) is 15.8. The Kier molecular flexibility index (Phi) is 5.67. The summed E-state index contributed by atoms with van der Waals surface area (Å²) in [5, 5.41) is 4.65. The summed E-state index contributed by atoms with van der Waals surface area (Å²) < 4.78 is 0. The van der Waals surface area contributed by atoms with E-state index in [-0.39, 0.29) is 0 Å². The third-order valence-electron chi connectivity index (χ3n) is 11.8. The van der Waals surface area contributed by atoms with Gasteiger partial charge in [-0.1, -0.05) is 125 Å². The van der Waals surface area contributed by atoms with E-state index in [2.05, 4.69) is 90.1 Å². The van der Waals surface area contributed by atoms with Crippen LogP contribution in [-0.4, -0.2) is 16.1 Å². The van der Waals surface area contributed by atoms with Crippen molar-refractivity contribution in [3.63, 3.8) is 0 Å². The zero-order valence-electron chi connectivity index (χ0n) is 23.3. The van der Waals surface area contributed by atoms with Crippen molar-refractivity contribution < 1.29 is 0 Å². The van der Waals surface area contributed by atoms with Crippen LogP contribution in [0.15, 0.2) is 48.5 Å². The van der Waals surface area contributed by atoms with E-state index in [9.17, 15) is 0 Å². The number of hydrogen-bond acceptors (Lipinski definition) is 0. The lowest BCUT2D eigenvalue weighted by molar-refractivity contribution is 0.435. The molecule has 35 heavy (non-hydrogen) atoms. The molecular weight excluding hydrogens is 453 g/mol. The molecule has 2 bridgehead atoms. The van der Waals surface area contributed by atoms with E-state index in [0.29, 0.717) is 10.1 Å². The highest BCUT2D eigenvalue weighted by Crippen LogP contribution is 2.69. The van der Waals surface area contributed by atoms with E-state index in [1.165, 1.54) is 37.8 Å². The number of rotatable bonds is 2. The van der Waals surface area contributed by atoms with E-state index in [1.807, 2.05) is 10.4 Å². The molecule has 2 heteroatoms. The molecule has 188 valence electrons. The van der Waals surface area contributed by atoms with Gasteiger partial charge < -0.3 is 0 Å². The average Bonchev–Trinajstić information content (AvgIpc) is 3.43. The summed E-state index contributed by atoms with van der Waals surface area (Å²) in [7, 11) is -3.26. The molecule has 0 saturated heterocycles. The third kappa shape index (κ3) is 3.34. The molecule has 0 nitrogen and oxygen atoms in total. The van der Waals surface area contributed by atoms with Crippen molar-refractivity contribution in [2.24, 2.45) is 11.8 Å². The summed E-state index contributed by atoms with van der Waals surface area (Å²) in [6.07, 6.45) is 10.2. The van der Waals surface area contributed by atoms with Crippen LogP contribution in [-0.2, 0) is 12.8 Å². The summed E-state index contributed by atoms with van der Waals surface area (Å²) >= 11 is 0. The standard InChI is InChI=1S/C33H48Si2/c1-32(2,3)34(19-11-15-24-13-7-9-17-28(24)34)30-22-27-21-26(30)23-31(27)35(33(4,5)6)20-12-16-25-14-8-10-18-29(25)35/h7-10,13-14,17-18,26-27,30-31H,11-12,15-16,19-23H2,1-6H3/t26-,27-,30+,31+,34-,35-/m1/s1.